The summed E-state index contributed by atoms with van der Waals surface area (Å²) in [5, 5.41) is 3.24. The van der Waals surface area contributed by atoms with Crippen LogP contribution in [0.2, 0.25) is 0 Å². The fourth-order valence-electron chi connectivity index (χ4n) is 2.65. The van der Waals surface area contributed by atoms with Crippen LogP contribution in [0.1, 0.15) is 19.5 Å². The Morgan fingerprint density at radius 3 is 2.29 bits per heavy atom. The number of carbonyl (C=O) groups is 1. The second-order valence-corrected chi connectivity index (χ2v) is 6.72. The van der Waals surface area contributed by atoms with Gasteiger partial charge in [-0.2, -0.15) is 0 Å². The van der Waals surface area contributed by atoms with Crippen molar-refractivity contribution in [1.82, 2.24) is 4.98 Å². The van der Waals surface area contributed by atoms with Gasteiger partial charge in [0.2, 0.25) is 5.88 Å². The molecule has 0 spiro atoms. The highest BCUT2D eigenvalue weighted by molar-refractivity contribution is 5.79. The third-order valence-corrected chi connectivity index (χ3v) is 4.13. The van der Waals surface area contributed by atoms with E-state index in [4.69, 9.17) is 9.47 Å². The van der Waals surface area contributed by atoms with E-state index in [1.54, 1.807) is 12.1 Å². The largest absolute Gasteiger partial charge is 0.458 e. The molecular weight excluding hydrogens is 352 g/mol. The molecule has 3 rings (SSSR count). The number of pyridine rings is 1. The number of nitrogens with zero attached hydrogens (tertiary/aromatic N) is 1. The molecule has 0 radical (unpaired) electrons. The molecule has 28 heavy (non-hydrogen) atoms. The number of aromatic nitrogens is 1. The fraction of sp³-hybridized carbons (Fsp3) is 0.217. The van der Waals surface area contributed by atoms with Gasteiger partial charge in [-0.1, -0.05) is 56.3 Å². The van der Waals surface area contributed by atoms with Crippen molar-refractivity contribution in [2.24, 2.45) is 5.92 Å². The lowest BCUT2D eigenvalue weighted by atomic mass is 10.0. The zero-order valence-electron chi connectivity index (χ0n) is 16.0. The molecule has 0 saturated heterocycles. The van der Waals surface area contributed by atoms with Crippen molar-refractivity contribution in [2.75, 3.05) is 5.32 Å². The minimum Gasteiger partial charge on any atom is -0.458 e. The Bertz CT molecular complexity index is 883. The van der Waals surface area contributed by atoms with E-state index < -0.39 is 6.04 Å². The number of rotatable bonds is 8. The molecule has 3 aromatic rings. The highest BCUT2D eigenvalue weighted by atomic mass is 16.5. The van der Waals surface area contributed by atoms with E-state index in [9.17, 15) is 4.79 Å². The topological polar surface area (TPSA) is 60.5 Å². The first-order chi connectivity index (χ1) is 13.6. The van der Waals surface area contributed by atoms with Crippen LogP contribution in [0.3, 0.4) is 0 Å². The molecule has 5 heteroatoms. The number of benzene rings is 2. The number of nitrogens with one attached hydrogen (secondary N) is 1. The minimum atomic E-state index is -0.439. The lowest BCUT2D eigenvalue weighted by Crippen LogP contribution is -2.36. The molecule has 0 aliphatic heterocycles. The van der Waals surface area contributed by atoms with Crippen LogP contribution in [0, 0.1) is 5.92 Å². The van der Waals surface area contributed by atoms with Gasteiger partial charge in [-0.25, -0.2) is 9.78 Å². The standard InChI is InChI=1S/C23H24N2O3/c1-17(2)22(25-18-10-5-3-6-11-18)23(26)27-16-19-12-9-15-21(24-19)28-20-13-7-4-8-14-20/h3-15,17,22,25H,16H2,1-2H3. The first-order valence-electron chi connectivity index (χ1n) is 9.29. The highest BCUT2D eigenvalue weighted by Gasteiger charge is 2.23. The third kappa shape index (κ3) is 5.58. The molecule has 1 atom stereocenters. The number of hydrogen-bond acceptors (Lipinski definition) is 5. The van der Waals surface area contributed by atoms with Gasteiger partial charge in [0.05, 0.1) is 5.69 Å². The van der Waals surface area contributed by atoms with Gasteiger partial charge in [-0.05, 0) is 36.2 Å². The molecule has 0 fully saturated rings. The molecule has 2 aromatic carbocycles. The maximum atomic E-state index is 12.6. The van der Waals surface area contributed by atoms with E-state index in [1.165, 1.54) is 0 Å². The van der Waals surface area contributed by atoms with Gasteiger partial charge in [0.15, 0.2) is 0 Å². The Hall–Kier alpha value is -3.34. The summed E-state index contributed by atoms with van der Waals surface area (Å²) in [6, 6.07) is 24.0. The average molecular weight is 376 g/mol. The normalized spacial score (nSPS) is 11.7. The number of esters is 1. The summed E-state index contributed by atoms with van der Waals surface area (Å²) < 4.78 is 11.2. The van der Waals surface area contributed by atoms with E-state index >= 15 is 0 Å². The lowest BCUT2D eigenvalue weighted by Gasteiger charge is -2.21. The molecule has 1 unspecified atom stereocenters. The van der Waals surface area contributed by atoms with Crippen molar-refractivity contribution in [3.05, 3.63) is 84.6 Å². The Balaban J connectivity index is 1.60. The van der Waals surface area contributed by atoms with E-state index in [1.807, 2.05) is 80.6 Å². The highest BCUT2D eigenvalue weighted by Crippen LogP contribution is 2.19. The molecule has 0 aliphatic carbocycles. The van der Waals surface area contributed by atoms with Crippen LogP contribution in [0.4, 0.5) is 5.69 Å². The number of anilines is 1. The van der Waals surface area contributed by atoms with Crippen molar-refractivity contribution in [3.63, 3.8) is 0 Å². The van der Waals surface area contributed by atoms with Crippen LogP contribution in [0.25, 0.3) is 0 Å². The predicted octanol–water partition coefficient (Wildman–Crippen LogP) is 5.05. The number of ether oxygens (including phenoxy) is 2. The summed E-state index contributed by atoms with van der Waals surface area (Å²) in [5.74, 6) is 0.932. The summed E-state index contributed by atoms with van der Waals surface area (Å²) in [6.45, 7) is 4.05. The maximum absolute atomic E-state index is 12.6. The molecule has 0 amide bonds. The van der Waals surface area contributed by atoms with Crippen LogP contribution >= 0.6 is 0 Å². The Morgan fingerprint density at radius 2 is 1.61 bits per heavy atom. The maximum Gasteiger partial charge on any atom is 0.329 e. The first kappa shape index (κ1) is 19.4. The number of para-hydroxylation sites is 2. The minimum absolute atomic E-state index is 0.0772. The Morgan fingerprint density at radius 1 is 0.929 bits per heavy atom. The molecular formula is C23H24N2O3. The number of carbonyl (C=O) groups excluding carboxylic acids is 1. The first-order valence-corrected chi connectivity index (χ1v) is 9.29. The van der Waals surface area contributed by atoms with Crippen molar-refractivity contribution in [2.45, 2.75) is 26.5 Å². The third-order valence-electron chi connectivity index (χ3n) is 4.13. The van der Waals surface area contributed by atoms with Gasteiger partial charge in [-0.3, -0.25) is 0 Å². The quantitative estimate of drug-likeness (QED) is 0.557. The summed E-state index contributed by atoms with van der Waals surface area (Å²) >= 11 is 0. The van der Waals surface area contributed by atoms with Gasteiger partial charge in [0.25, 0.3) is 0 Å². The molecule has 1 heterocycles. The molecule has 0 saturated carbocycles. The molecule has 1 N–H and O–H groups in total. The Labute approximate surface area is 165 Å². The van der Waals surface area contributed by atoms with Crippen molar-refractivity contribution in [3.8, 4) is 11.6 Å². The second-order valence-electron chi connectivity index (χ2n) is 6.72. The summed E-state index contributed by atoms with van der Waals surface area (Å²) in [5.41, 5.74) is 1.51. The van der Waals surface area contributed by atoms with Crippen molar-refractivity contribution >= 4 is 11.7 Å². The molecule has 0 bridgehead atoms. The second kappa shape index (κ2) is 9.55. The Kier molecular flexibility index (Phi) is 6.63. The summed E-state index contributed by atoms with van der Waals surface area (Å²) in [4.78, 5) is 17.0. The van der Waals surface area contributed by atoms with Crippen LogP contribution in [0.15, 0.2) is 78.9 Å². The lowest BCUT2D eigenvalue weighted by molar-refractivity contribution is -0.147. The van der Waals surface area contributed by atoms with E-state index in [0.29, 0.717) is 17.3 Å². The van der Waals surface area contributed by atoms with E-state index in [2.05, 4.69) is 10.3 Å². The van der Waals surface area contributed by atoms with Gasteiger partial charge >= 0.3 is 5.97 Å². The van der Waals surface area contributed by atoms with Crippen LogP contribution in [0.5, 0.6) is 11.6 Å². The monoisotopic (exact) mass is 376 g/mol. The smallest absolute Gasteiger partial charge is 0.329 e. The SMILES string of the molecule is CC(C)C(Nc1ccccc1)C(=O)OCc1cccc(Oc2ccccc2)n1. The molecule has 1 aromatic heterocycles. The summed E-state index contributed by atoms with van der Waals surface area (Å²) in [6.07, 6.45) is 0. The van der Waals surface area contributed by atoms with Crippen LogP contribution in [-0.2, 0) is 16.1 Å². The van der Waals surface area contributed by atoms with Gasteiger partial charge in [0.1, 0.15) is 18.4 Å². The number of hydrogen-bond donors (Lipinski definition) is 1. The van der Waals surface area contributed by atoms with E-state index in [0.717, 1.165) is 5.69 Å². The van der Waals surface area contributed by atoms with Crippen LogP contribution in [-0.4, -0.2) is 17.0 Å². The van der Waals surface area contributed by atoms with Gasteiger partial charge in [-0.15, -0.1) is 0 Å². The molecule has 144 valence electrons. The van der Waals surface area contributed by atoms with Crippen molar-refractivity contribution < 1.29 is 14.3 Å². The van der Waals surface area contributed by atoms with E-state index in [-0.39, 0.29) is 18.5 Å². The van der Waals surface area contributed by atoms with Crippen molar-refractivity contribution in [1.29, 1.82) is 0 Å². The fourth-order valence-corrected chi connectivity index (χ4v) is 2.65. The van der Waals surface area contributed by atoms with Gasteiger partial charge < -0.3 is 14.8 Å². The molecule has 0 aliphatic rings. The van der Waals surface area contributed by atoms with Crippen LogP contribution < -0.4 is 10.1 Å². The zero-order valence-corrected chi connectivity index (χ0v) is 16.0. The van der Waals surface area contributed by atoms with Gasteiger partial charge in [0, 0.05) is 11.8 Å². The predicted molar refractivity (Wildman–Crippen MR) is 109 cm³/mol. The summed E-state index contributed by atoms with van der Waals surface area (Å²) in [7, 11) is 0. The average Bonchev–Trinajstić information content (AvgIpc) is 2.72. The molecule has 5 nitrogen and oxygen atoms in total. The zero-order chi connectivity index (χ0) is 19.8.